The Kier molecular flexibility index (Phi) is 6.15. The smallest absolute Gasteiger partial charge is 0.251 e. The summed E-state index contributed by atoms with van der Waals surface area (Å²) in [7, 11) is 0. The molecule has 1 aromatic rings. The first kappa shape index (κ1) is 15.3. The van der Waals surface area contributed by atoms with Crippen LogP contribution in [-0.2, 0) is 0 Å². The monoisotopic (exact) mass is 266 g/mol. The van der Waals surface area contributed by atoms with Gasteiger partial charge in [-0.3, -0.25) is 4.79 Å². The van der Waals surface area contributed by atoms with Crippen LogP contribution in [0, 0.1) is 0 Å². The van der Waals surface area contributed by atoms with Crippen molar-refractivity contribution < 1.29 is 14.6 Å². The summed E-state index contributed by atoms with van der Waals surface area (Å²) in [5, 5.41) is 11.9. The number of anilines is 1. The molecule has 0 fully saturated rings. The van der Waals surface area contributed by atoms with E-state index in [4.69, 9.17) is 15.6 Å². The van der Waals surface area contributed by atoms with Gasteiger partial charge in [-0.25, -0.2) is 0 Å². The molecule has 0 heterocycles. The van der Waals surface area contributed by atoms with Gasteiger partial charge >= 0.3 is 0 Å². The molecule has 1 unspecified atom stereocenters. The van der Waals surface area contributed by atoms with Gasteiger partial charge in [0.05, 0.1) is 18.4 Å². The van der Waals surface area contributed by atoms with Crippen molar-refractivity contribution in [3.63, 3.8) is 0 Å². The van der Waals surface area contributed by atoms with E-state index < -0.39 is 0 Å². The van der Waals surface area contributed by atoms with Crippen LogP contribution in [0.2, 0.25) is 0 Å². The van der Waals surface area contributed by atoms with Crippen molar-refractivity contribution in [2.45, 2.75) is 32.8 Å². The van der Waals surface area contributed by atoms with E-state index >= 15 is 0 Å². The lowest BCUT2D eigenvalue weighted by Crippen LogP contribution is -2.25. The van der Waals surface area contributed by atoms with E-state index in [-0.39, 0.29) is 12.0 Å². The zero-order valence-electron chi connectivity index (χ0n) is 11.5. The number of benzene rings is 1. The maximum Gasteiger partial charge on any atom is 0.251 e. The van der Waals surface area contributed by atoms with Crippen molar-refractivity contribution in [1.29, 1.82) is 0 Å². The van der Waals surface area contributed by atoms with Crippen LogP contribution in [0.1, 0.15) is 37.0 Å². The topological polar surface area (TPSA) is 84.6 Å². The minimum Gasteiger partial charge on any atom is -0.492 e. The Morgan fingerprint density at radius 2 is 2.26 bits per heavy atom. The van der Waals surface area contributed by atoms with E-state index in [0.29, 0.717) is 36.6 Å². The maximum atomic E-state index is 11.8. The number of nitrogens with one attached hydrogen (secondary N) is 1. The first-order valence-electron chi connectivity index (χ1n) is 6.53. The summed E-state index contributed by atoms with van der Waals surface area (Å²) < 4.78 is 5.31. The van der Waals surface area contributed by atoms with Gasteiger partial charge in [0.25, 0.3) is 5.91 Å². The number of nitrogen functional groups attached to an aromatic ring is 1. The van der Waals surface area contributed by atoms with Crippen LogP contribution in [0.25, 0.3) is 0 Å². The van der Waals surface area contributed by atoms with Gasteiger partial charge in [-0.15, -0.1) is 0 Å². The Hall–Kier alpha value is -1.75. The van der Waals surface area contributed by atoms with Crippen molar-refractivity contribution in [2.75, 3.05) is 18.9 Å². The summed E-state index contributed by atoms with van der Waals surface area (Å²) in [5.74, 6) is 0.425. The Morgan fingerprint density at radius 1 is 1.53 bits per heavy atom. The largest absolute Gasteiger partial charge is 0.492 e. The number of carbonyl (C=O) groups is 1. The second-order valence-corrected chi connectivity index (χ2v) is 4.43. The summed E-state index contributed by atoms with van der Waals surface area (Å²) in [5.41, 5.74) is 6.77. The van der Waals surface area contributed by atoms with Crippen LogP contribution in [-0.4, -0.2) is 30.3 Å². The summed E-state index contributed by atoms with van der Waals surface area (Å²) in [6.07, 6.45) is 1.08. The maximum absolute atomic E-state index is 11.8. The fourth-order valence-electron chi connectivity index (χ4n) is 1.68. The van der Waals surface area contributed by atoms with E-state index in [1.807, 2.05) is 6.92 Å². The van der Waals surface area contributed by atoms with Gasteiger partial charge in [-0.05, 0) is 44.9 Å². The quantitative estimate of drug-likeness (QED) is 0.516. The van der Waals surface area contributed by atoms with Crippen molar-refractivity contribution in [3.05, 3.63) is 23.8 Å². The molecule has 19 heavy (non-hydrogen) atoms. The number of ether oxygens (including phenoxy) is 1. The number of aliphatic hydroxyl groups is 1. The highest BCUT2D eigenvalue weighted by Crippen LogP contribution is 2.22. The molecule has 1 atom stereocenters. The van der Waals surface area contributed by atoms with Crippen LogP contribution in [0.4, 0.5) is 5.69 Å². The van der Waals surface area contributed by atoms with E-state index in [1.165, 1.54) is 0 Å². The average Bonchev–Trinajstić information content (AvgIpc) is 2.36. The second kappa shape index (κ2) is 7.63. The molecule has 0 aliphatic carbocycles. The van der Waals surface area contributed by atoms with Gasteiger partial charge < -0.3 is 20.9 Å². The Bertz CT molecular complexity index is 419. The number of nitrogens with two attached hydrogens (primary N) is 1. The summed E-state index contributed by atoms with van der Waals surface area (Å²) in [6, 6.07) is 4.99. The molecule has 0 saturated carbocycles. The minimum atomic E-state index is -0.335. The normalized spacial score (nSPS) is 11.9. The molecule has 0 radical (unpaired) electrons. The second-order valence-electron chi connectivity index (χ2n) is 4.43. The molecule has 106 valence electrons. The van der Waals surface area contributed by atoms with Crippen molar-refractivity contribution in [2.24, 2.45) is 0 Å². The fraction of sp³-hybridized carbons (Fsp3) is 0.500. The van der Waals surface area contributed by atoms with E-state index in [2.05, 4.69) is 5.32 Å². The van der Waals surface area contributed by atoms with Gasteiger partial charge in [0.1, 0.15) is 5.75 Å². The molecule has 5 nitrogen and oxygen atoms in total. The lowest BCUT2D eigenvalue weighted by Gasteiger charge is -2.09. The summed E-state index contributed by atoms with van der Waals surface area (Å²) >= 11 is 0. The van der Waals surface area contributed by atoms with Gasteiger partial charge in [-0.2, -0.15) is 0 Å². The van der Waals surface area contributed by atoms with Gasteiger partial charge in [0, 0.05) is 12.1 Å². The van der Waals surface area contributed by atoms with E-state index in [9.17, 15) is 4.79 Å². The zero-order chi connectivity index (χ0) is 14.3. The van der Waals surface area contributed by atoms with Gasteiger partial charge in [0.15, 0.2) is 0 Å². The molecule has 5 heteroatoms. The lowest BCUT2D eigenvalue weighted by molar-refractivity contribution is 0.0949. The zero-order valence-corrected chi connectivity index (χ0v) is 11.5. The molecule has 1 rings (SSSR count). The van der Waals surface area contributed by atoms with Gasteiger partial charge in [-0.1, -0.05) is 0 Å². The third kappa shape index (κ3) is 5.18. The first-order valence-corrected chi connectivity index (χ1v) is 6.53. The van der Waals surface area contributed by atoms with Crippen molar-refractivity contribution in [3.8, 4) is 5.75 Å². The molecular formula is C14H22N2O3. The number of hydrogen-bond acceptors (Lipinski definition) is 4. The van der Waals surface area contributed by atoms with Gasteiger partial charge in [0.2, 0.25) is 0 Å². The molecule has 0 bridgehead atoms. The van der Waals surface area contributed by atoms with E-state index in [1.54, 1.807) is 25.1 Å². The molecule has 0 aliphatic heterocycles. The van der Waals surface area contributed by atoms with Crippen LogP contribution in [0.5, 0.6) is 5.75 Å². The Labute approximate surface area is 113 Å². The molecule has 0 aromatic heterocycles. The third-order valence-corrected chi connectivity index (χ3v) is 2.66. The SMILES string of the molecule is CCOc1ccc(C(=O)NCCCC(C)O)cc1N. The standard InChI is InChI=1S/C14H22N2O3/c1-3-19-13-7-6-11(9-12(13)15)14(18)16-8-4-5-10(2)17/h6-7,9-10,17H,3-5,8,15H2,1-2H3,(H,16,18). The number of aliphatic hydroxyl groups excluding tert-OH is 1. The minimum absolute atomic E-state index is 0.166. The average molecular weight is 266 g/mol. The fourth-order valence-corrected chi connectivity index (χ4v) is 1.68. The Morgan fingerprint density at radius 3 is 2.84 bits per heavy atom. The molecule has 4 N–H and O–H groups in total. The van der Waals surface area contributed by atoms with Crippen LogP contribution < -0.4 is 15.8 Å². The van der Waals surface area contributed by atoms with Crippen LogP contribution in [0.3, 0.4) is 0 Å². The molecule has 0 spiro atoms. The molecule has 1 aromatic carbocycles. The number of hydrogen-bond donors (Lipinski definition) is 3. The van der Waals surface area contributed by atoms with Crippen LogP contribution in [0.15, 0.2) is 18.2 Å². The number of carbonyl (C=O) groups excluding carboxylic acids is 1. The predicted octanol–water partition coefficient (Wildman–Crippen LogP) is 1.56. The molecule has 0 aliphatic rings. The first-order chi connectivity index (χ1) is 9.04. The third-order valence-electron chi connectivity index (χ3n) is 2.66. The highest BCUT2D eigenvalue weighted by atomic mass is 16.5. The highest BCUT2D eigenvalue weighted by molar-refractivity contribution is 5.95. The summed E-state index contributed by atoms with van der Waals surface area (Å²) in [4.78, 5) is 11.8. The number of amides is 1. The van der Waals surface area contributed by atoms with Crippen molar-refractivity contribution in [1.82, 2.24) is 5.32 Å². The van der Waals surface area contributed by atoms with Crippen molar-refractivity contribution >= 4 is 11.6 Å². The lowest BCUT2D eigenvalue weighted by atomic mass is 10.1. The summed E-state index contributed by atoms with van der Waals surface area (Å²) in [6.45, 7) is 4.68. The number of rotatable bonds is 7. The Balaban J connectivity index is 2.50. The molecular weight excluding hydrogens is 244 g/mol. The molecule has 1 amide bonds. The van der Waals surface area contributed by atoms with E-state index in [0.717, 1.165) is 6.42 Å². The molecule has 0 saturated heterocycles. The predicted molar refractivity (Wildman–Crippen MR) is 75.3 cm³/mol. The highest BCUT2D eigenvalue weighted by Gasteiger charge is 2.08. The van der Waals surface area contributed by atoms with Crippen LogP contribution >= 0.6 is 0 Å².